The van der Waals surface area contributed by atoms with Crippen LogP contribution in [-0.4, -0.2) is 18.5 Å². The van der Waals surface area contributed by atoms with Crippen molar-refractivity contribution in [3.63, 3.8) is 0 Å². The third-order valence-corrected chi connectivity index (χ3v) is 2.91. The minimum atomic E-state index is 1.00. The van der Waals surface area contributed by atoms with Gasteiger partial charge in [-0.1, -0.05) is 45.6 Å². The van der Waals surface area contributed by atoms with Gasteiger partial charge in [0.2, 0.25) is 0 Å². The Morgan fingerprint density at radius 2 is 1.84 bits per heavy atom. The van der Waals surface area contributed by atoms with Crippen LogP contribution in [-0.2, 0) is 0 Å². The summed E-state index contributed by atoms with van der Waals surface area (Å²) >= 11 is 0. The predicted molar refractivity (Wildman–Crippen MR) is 86.8 cm³/mol. The van der Waals surface area contributed by atoms with Gasteiger partial charge in [-0.2, -0.15) is 0 Å². The molecule has 0 spiro atoms. The van der Waals surface area contributed by atoms with E-state index in [9.17, 15) is 0 Å². The fourth-order valence-corrected chi connectivity index (χ4v) is 1.94. The molecular formula is C17H30N2. The highest BCUT2D eigenvalue weighted by Gasteiger charge is 2.08. The van der Waals surface area contributed by atoms with E-state index in [2.05, 4.69) is 62.0 Å². The van der Waals surface area contributed by atoms with Crippen LogP contribution >= 0.6 is 0 Å². The third-order valence-electron chi connectivity index (χ3n) is 2.91. The highest BCUT2D eigenvalue weighted by molar-refractivity contribution is 5.20. The first kappa shape index (κ1) is 17.7. The Morgan fingerprint density at radius 3 is 2.32 bits per heavy atom. The molecule has 0 amide bonds. The molecule has 0 aromatic heterocycles. The number of hydrogen-bond donors (Lipinski definition) is 1. The molecule has 0 saturated heterocycles. The molecule has 0 unspecified atom stereocenters. The van der Waals surface area contributed by atoms with Crippen molar-refractivity contribution in [2.75, 3.05) is 13.6 Å². The first-order valence-electron chi connectivity index (χ1n) is 7.36. The van der Waals surface area contributed by atoms with Crippen molar-refractivity contribution in [2.45, 2.75) is 46.5 Å². The molecule has 2 nitrogen and oxygen atoms in total. The Hall–Kier alpha value is -1.28. The quantitative estimate of drug-likeness (QED) is 0.457. The molecule has 0 rings (SSSR count). The zero-order valence-electron chi connectivity index (χ0n) is 13.1. The van der Waals surface area contributed by atoms with E-state index in [0.717, 1.165) is 32.2 Å². The van der Waals surface area contributed by atoms with Gasteiger partial charge in [-0.05, 0) is 45.4 Å². The van der Waals surface area contributed by atoms with Crippen LogP contribution in [0, 0.1) is 0 Å². The van der Waals surface area contributed by atoms with Crippen molar-refractivity contribution in [3.8, 4) is 0 Å². The molecule has 0 heterocycles. The van der Waals surface area contributed by atoms with Crippen LogP contribution in [0.5, 0.6) is 0 Å². The number of rotatable bonds is 10. The summed E-state index contributed by atoms with van der Waals surface area (Å²) in [7, 11) is 1.98. The first-order chi connectivity index (χ1) is 9.24. The van der Waals surface area contributed by atoms with Gasteiger partial charge in [0.15, 0.2) is 0 Å². The van der Waals surface area contributed by atoms with Crippen LogP contribution in [0.1, 0.15) is 46.5 Å². The van der Waals surface area contributed by atoms with E-state index < -0.39 is 0 Å². The Bertz CT molecular complexity index is 324. The summed E-state index contributed by atoms with van der Waals surface area (Å²) in [6, 6.07) is 0. The molecule has 0 saturated carbocycles. The molecule has 0 fully saturated rings. The van der Waals surface area contributed by atoms with Crippen molar-refractivity contribution >= 4 is 0 Å². The molecule has 108 valence electrons. The Labute approximate surface area is 119 Å². The van der Waals surface area contributed by atoms with Crippen molar-refractivity contribution in [1.29, 1.82) is 0 Å². The zero-order chi connectivity index (χ0) is 14.5. The topological polar surface area (TPSA) is 15.3 Å². The van der Waals surface area contributed by atoms with E-state index >= 15 is 0 Å². The molecule has 0 aliphatic rings. The van der Waals surface area contributed by atoms with Crippen LogP contribution in [0.4, 0.5) is 0 Å². The van der Waals surface area contributed by atoms with E-state index in [-0.39, 0.29) is 0 Å². The molecule has 0 atom stereocenters. The molecule has 0 aromatic carbocycles. The second-order valence-electron chi connectivity index (χ2n) is 4.35. The summed E-state index contributed by atoms with van der Waals surface area (Å²) in [5.41, 5.74) is 2.65. The smallest absolute Gasteiger partial charge is 0.0220 e. The maximum absolute atomic E-state index is 3.82. The lowest BCUT2D eigenvalue weighted by atomic mass is 10.2. The van der Waals surface area contributed by atoms with E-state index in [0.29, 0.717) is 0 Å². The average molecular weight is 262 g/mol. The third kappa shape index (κ3) is 7.02. The highest BCUT2D eigenvalue weighted by Crippen LogP contribution is 2.20. The monoisotopic (exact) mass is 262 g/mol. The van der Waals surface area contributed by atoms with Gasteiger partial charge >= 0.3 is 0 Å². The maximum atomic E-state index is 3.82. The minimum Gasteiger partial charge on any atom is -0.325 e. The molecule has 2 heteroatoms. The van der Waals surface area contributed by atoms with Crippen LogP contribution < -0.4 is 5.32 Å². The van der Waals surface area contributed by atoms with Crippen molar-refractivity contribution in [1.82, 2.24) is 10.2 Å². The summed E-state index contributed by atoms with van der Waals surface area (Å²) < 4.78 is 0. The molecule has 0 radical (unpaired) electrons. The van der Waals surface area contributed by atoms with Gasteiger partial charge < -0.3 is 10.2 Å². The second-order valence-corrected chi connectivity index (χ2v) is 4.35. The average Bonchev–Trinajstić information content (AvgIpc) is 2.43. The molecule has 0 aliphatic carbocycles. The first-order valence-corrected chi connectivity index (χ1v) is 7.36. The van der Waals surface area contributed by atoms with E-state index in [1.54, 1.807) is 0 Å². The van der Waals surface area contributed by atoms with Crippen molar-refractivity contribution in [2.24, 2.45) is 0 Å². The fraction of sp³-hybridized carbons (Fsp3) is 0.529. The SMILES string of the molecule is C=C/C=C(\CC)N(/C=C/CCNC)/C(=C/CC)CC. The number of nitrogens with one attached hydrogen (secondary N) is 1. The highest BCUT2D eigenvalue weighted by atomic mass is 15.1. The van der Waals surface area contributed by atoms with Gasteiger partial charge in [-0.3, -0.25) is 0 Å². The molecule has 0 aliphatic heterocycles. The van der Waals surface area contributed by atoms with Crippen LogP contribution in [0.2, 0.25) is 0 Å². The van der Waals surface area contributed by atoms with Crippen LogP contribution in [0.25, 0.3) is 0 Å². The molecular weight excluding hydrogens is 232 g/mol. The zero-order valence-corrected chi connectivity index (χ0v) is 13.1. The normalized spacial score (nSPS) is 13.1. The van der Waals surface area contributed by atoms with Gasteiger partial charge in [0.25, 0.3) is 0 Å². The maximum Gasteiger partial charge on any atom is 0.0220 e. The summed E-state index contributed by atoms with van der Waals surface area (Å²) in [6.07, 6.45) is 14.8. The van der Waals surface area contributed by atoms with Crippen LogP contribution in [0.15, 0.2) is 48.5 Å². The molecule has 0 aromatic rings. The van der Waals surface area contributed by atoms with Crippen LogP contribution in [0.3, 0.4) is 0 Å². The van der Waals surface area contributed by atoms with Crippen molar-refractivity contribution < 1.29 is 0 Å². The van der Waals surface area contributed by atoms with Crippen molar-refractivity contribution in [3.05, 3.63) is 48.5 Å². The standard InChI is InChI=1S/C17H30N2/c1-6-12-16(8-3)19(15-11-10-14-18-5)17(9-4)13-7-2/h6,11-13,15,18H,1,7-10,14H2,2-5H3/b15-11+,16-12+,17-13+. The van der Waals surface area contributed by atoms with Gasteiger partial charge in [0, 0.05) is 17.6 Å². The molecule has 0 bridgehead atoms. The van der Waals surface area contributed by atoms with Gasteiger partial charge in [-0.25, -0.2) is 0 Å². The summed E-state index contributed by atoms with van der Waals surface area (Å²) in [5.74, 6) is 0. The lowest BCUT2D eigenvalue weighted by Crippen LogP contribution is -2.16. The lowest BCUT2D eigenvalue weighted by Gasteiger charge is -2.25. The Balaban J connectivity index is 5.11. The minimum absolute atomic E-state index is 1.00. The Morgan fingerprint density at radius 1 is 1.16 bits per heavy atom. The van der Waals surface area contributed by atoms with E-state index in [1.807, 2.05) is 13.1 Å². The molecule has 19 heavy (non-hydrogen) atoms. The summed E-state index contributed by atoms with van der Waals surface area (Å²) in [6.45, 7) is 11.4. The number of hydrogen-bond acceptors (Lipinski definition) is 2. The second kappa shape index (κ2) is 11.8. The van der Waals surface area contributed by atoms with E-state index in [4.69, 9.17) is 0 Å². The summed E-state index contributed by atoms with van der Waals surface area (Å²) in [5, 5.41) is 3.16. The summed E-state index contributed by atoms with van der Waals surface area (Å²) in [4.78, 5) is 2.31. The number of allylic oxidation sites excluding steroid dienone is 5. The lowest BCUT2D eigenvalue weighted by molar-refractivity contribution is 0.527. The van der Waals surface area contributed by atoms with Gasteiger partial charge in [-0.15, -0.1) is 0 Å². The van der Waals surface area contributed by atoms with E-state index in [1.165, 1.54) is 11.4 Å². The fourth-order valence-electron chi connectivity index (χ4n) is 1.94. The predicted octanol–water partition coefficient (Wildman–Crippen LogP) is 4.60. The Kier molecular flexibility index (Phi) is 11.0. The van der Waals surface area contributed by atoms with Gasteiger partial charge in [0.05, 0.1) is 0 Å². The molecule has 1 N–H and O–H groups in total. The largest absolute Gasteiger partial charge is 0.325 e. The van der Waals surface area contributed by atoms with Gasteiger partial charge in [0.1, 0.15) is 0 Å². The number of nitrogens with zero attached hydrogens (tertiary/aromatic N) is 1.